The standard InChI is InChI=1S/C45H41N3O7S/c1-29-40(28-56-42-39(43(50)51)14-7-23-46-42)54-44(55-41(29)32-17-15-30(27-49)16-18-32)35-11-6-10-34(25-35)33-9-5-8-31(24-33)26-47-45(52)48-36-19-21-38(22-20-36)53-37-12-3-2-4-13-37/h2-25,29,40-41,44,49H,26-28H2,1H3,(H,50,51)(H2,47,48,52). The molecule has 7 rings (SSSR count). The molecule has 0 spiro atoms. The van der Waals surface area contributed by atoms with E-state index in [0.29, 0.717) is 28.8 Å². The first-order valence-electron chi connectivity index (χ1n) is 18.2. The first-order valence-corrected chi connectivity index (χ1v) is 19.2. The Balaban J connectivity index is 1.03. The molecule has 1 aromatic heterocycles. The van der Waals surface area contributed by atoms with Gasteiger partial charge in [-0.25, -0.2) is 14.6 Å². The van der Waals surface area contributed by atoms with Crippen molar-refractivity contribution in [3.8, 4) is 22.6 Å². The summed E-state index contributed by atoms with van der Waals surface area (Å²) in [7, 11) is 0. The van der Waals surface area contributed by atoms with Gasteiger partial charge in [-0.05, 0) is 88.5 Å². The van der Waals surface area contributed by atoms with E-state index in [0.717, 1.165) is 39.1 Å². The fraction of sp³-hybridized carbons (Fsp3) is 0.178. The number of urea groups is 1. The molecule has 1 saturated heterocycles. The number of aliphatic hydroxyl groups is 1. The molecule has 4 N–H and O–H groups in total. The Bertz CT molecular complexity index is 2250. The van der Waals surface area contributed by atoms with Gasteiger partial charge in [0.25, 0.3) is 0 Å². The number of amides is 2. The van der Waals surface area contributed by atoms with Crippen LogP contribution in [-0.4, -0.2) is 39.1 Å². The number of hydrogen-bond donors (Lipinski definition) is 4. The lowest BCUT2D eigenvalue weighted by molar-refractivity contribution is -0.268. The van der Waals surface area contributed by atoms with Crippen molar-refractivity contribution in [1.29, 1.82) is 0 Å². The van der Waals surface area contributed by atoms with Crippen molar-refractivity contribution < 1.29 is 34.0 Å². The summed E-state index contributed by atoms with van der Waals surface area (Å²) in [5.74, 6) is 0.744. The van der Waals surface area contributed by atoms with Gasteiger partial charge in [0.05, 0.1) is 24.4 Å². The van der Waals surface area contributed by atoms with Gasteiger partial charge in [0.2, 0.25) is 0 Å². The molecule has 6 aromatic rings. The average molecular weight is 768 g/mol. The summed E-state index contributed by atoms with van der Waals surface area (Å²) in [6, 6.07) is 43.2. The molecule has 0 bridgehead atoms. The van der Waals surface area contributed by atoms with E-state index < -0.39 is 12.3 Å². The quantitative estimate of drug-likeness (QED) is 0.0846. The molecule has 0 saturated carbocycles. The number of nitrogens with one attached hydrogen (secondary N) is 2. The number of pyridine rings is 1. The van der Waals surface area contributed by atoms with Gasteiger partial charge in [-0.1, -0.05) is 85.8 Å². The van der Waals surface area contributed by atoms with Gasteiger partial charge in [-0.3, -0.25) is 0 Å². The number of hydrogen-bond acceptors (Lipinski definition) is 8. The fourth-order valence-corrected chi connectivity index (χ4v) is 7.60. The minimum Gasteiger partial charge on any atom is -0.478 e. The Kier molecular flexibility index (Phi) is 12.4. The van der Waals surface area contributed by atoms with Crippen molar-refractivity contribution in [2.45, 2.75) is 43.6 Å². The number of carboxylic acids is 1. The number of aromatic carboxylic acids is 1. The number of anilines is 1. The van der Waals surface area contributed by atoms with Crippen molar-refractivity contribution in [3.05, 3.63) is 174 Å². The monoisotopic (exact) mass is 767 g/mol. The van der Waals surface area contributed by atoms with Crippen LogP contribution in [0, 0.1) is 5.92 Å². The van der Waals surface area contributed by atoms with Gasteiger partial charge >= 0.3 is 12.0 Å². The number of rotatable bonds is 13. The normalized spacial score (nSPS) is 17.8. The van der Waals surface area contributed by atoms with E-state index in [9.17, 15) is 19.8 Å². The number of aliphatic hydroxyl groups excluding tert-OH is 1. The molecule has 10 nitrogen and oxygen atoms in total. The summed E-state index contributed by atoms with van der Waals surface area (Å²) in [5, 5.41) is 25.6. The molecule has 11 heteroatoms. The van der Waals surface area contributed by atoms with Crippen LogP contribution in [0.5, 0.6) is 11.5 Å². The van der Waals surface area contributed by atoms with Crippen molar-refractivity contribution in [1.82, 2.24) is 10.3 Å². The van der Waals surface area contributed by atoms with Crippen molar-refractivity contribution in [2.75, 3.05) is 11.1 Å². The number of carbonyl (C=O) groups is 2. The van der Waals surface area contributed by atoms with E-state index >= 15 is 0 Å². The molecule has 0 radical (unpaired) electrons. The summed E-state index contributed by atoms with van der Waals surface area (Å²) in [6.45, 7) is 2.33. The number of thioether (sulfide) groups is 1. The molecule has 1 aliphatic heterocycles. The van der Waals surface area contributed by atoms with E-state index in [-0.39, 0.29) is 36.3 Å². The lowest BCUT2D eigenvalue weighted by atomic mass is 9.91. The van der Waals surface area contributed by atoms with Crippen molar-refractivity contribution in [2.24, 2.45) is 5.92 Å². The number of nitrogens with zero attached hydrogens (tertiary/aromatic N) is 1. The highest BCUT2D eigenvalue weighted by Crippen LogP contribution is 2.43. The highest BCUT2D eigenvalue weighted by molar-refractivity contribution is 7.99. The largest absolute Gasteiger partial charge is 0.478 e. The third-order valence-electron chi connectivity index (χ3n) is 9.47. The molecule has 2 amide bonds. The highest BCUT2D eigenvalue weighted by Gasteiger charge is 2.38. The van der Waals surface area contributed by atoms with E-state index in [4.69, 9.17) is 14.2 Å². The third-order valence-corrected chi connectivity index (χ3v) is 10.6. The number of ether oxygens (including phenoxy) is 3. The van der Waals surface area contributed by atoms with Gasteiger partial charge in [-0.2, -0.15) is 0 Å². The third kappa shape index (κ3) is 9.63. The molecule has 1 aliphatic rings. The van der Waals surface area contributed by atoms with E-state index in [1.54, 1.807) is 42.6 Å². The van der Waals surface area contributed by atoms with Crippen LogP contribution in [0.4, 0.5) is 10.5 Å². The highest BCUT2D eigenvalue weighted by atomic mass is 32.2. The van der Waals surface area contributed by atoms with Crippen molar-refractivity contribution in [3.63, 3.8) is 0 Å². The van der Waals surface area contributed by atoms with Gasteiger partial charge in [-0.15, -0.1) is 11.8 Å². The Hall–Kier alpha value is -5.98. The molecule has 284 valence electrons. The molecule has 4 unspecified atom stereocenters. The van der Waals surface area contributed by atoms with Crippen LogP contribution in [0.15, 0.2) is 151 Å². The molecule has 2 heterocycles. The fourth-order valence-electron chi connectivity index (χ4n) is 6.45. The van der Waals surface area contributed by atoms with E-state index in [1.807, 2.05) is 103 Å². The molecule has 5 aromatic carbocycles. The Morgan fingerprint density at radius 2 is 1.50 bits per heavy atom. The second-order valence-corrected chi connectivity index (χ2v) is 14.4. The summed E-state index contributed by atoms with van der Waals surface area (Å²) < 4.78 is 19.2. The van der Waals surface area contributed by atoms with Crippen LogP contribution in [0.2, 0.25) is 0 Å². The van der Waals surface area contributed by atoms with Crippen LogP contribution in [0.1, 0.15) is 51.9 Å². The first-order chi connectivity index (χ1) is 27.3. The van der Waals surface area contributed by atoms with Crippen LogP contribution < -0.4 is 15.4 Å². The summed E-state index contributed by atoms with van der Waals surface area (Å²) >= 11 is 1.35. The maximum atomic E-state index is 12.8. The Morgan fingerprint density at radius 3 is 2.25 bits per heavy atom. The topological polar surface area (TPSA) is 139 Å². The summed E-state index contributed by atoms with van der Waals surface area (Å²) in [5.41, 5.74) is 6.21. The minimum atomic E-state index is -1.03. The maximum Gasteiger partial charge on any atom is 0.338 e. The van der Waals surface area contributed by atoms with Gasteiger partial charge in [0.1, 0.15) is 16.5 Å². The number of benzene rings is 5. The minimum absolute atomic E-state index is 0.0555. The zero-order valence-corrected chi connectivity index (χ0v) is 31.4. The Labute approximate surface area is 329 Å². The molecule has 56 heavy (non-hydrogen) atoms. The van der Waals surface area contributed by atoms with Gasteiger partial charge in [0.15, 0.2) is 6.29 Å². The predicted molar refractivity (Wildman–Crippen MR) is 216 cm³/mol. The zero-order chi connectivity index (χ0) is 38.9. The predicted octanol–water partition coefficient (Wildman–Crippen LogP) is 9.64. The lowest BCUT2D eigenvalue weighted by Crippen LogP contribution is -2.38. The van der Waals surface area contributed by atoms with Crippen LogP contribution in [0.25, 0.3) is 11.1 Å². The summed E-state index contributed by atoms with van der Waals surface area (Å²) in [4.78, 5) is 29.0. The number of aromatic nitrogens is 1. The number of para-hydroxylation sites is 1. The number of carbonyl (C=O) groups excluding carboxylic acids is 1. The SMILES string of the molecule is CC1C(CSc2ncccc2C(=O)O)OC(c2cccc(-c3cccc(CNC(=O)Nc4ccc(Oc5ccccc5)cc4)c3)c2)OC1c1ccc(CO)cc1. The molecular weight excluding hydrogens is 727 g/mol. The molecule has 4 atom stereocenters. The zero-order valence-electron chi connectivity index (χ0n) is 30.6. The lowest BCUT2D eigenvalue weighted by Gasteiger charge is -2.41. The molecule has 0 aliphatic carbocycles. The Morgan fingerprint density at radius 1 is 0.768 bits per heavy atom. The first kappa shape index (κ1) is 38.3. The second kappa shape index (κ2) is 18.1. The van der Waals surface area contributed by atoms with Gasteiger partial charge in [0, 0.05) is 35.7 Å². The van der Waals surface area contributed by atoms with Gasteiger partial charge < -0.3 is 35.1 Å². The smallest absolute Gasteiger partial charge is 0.338 e. The summed E-state index contributed by atoms with van der Waals surface area (Å²) in [6.07, 6.45) is 0.231. The van der Waals surface area contributed by atoms with Crippen molar-refractivity contribution >= 4 is 29.4 Å². The molecule has 1 fully saturated rings. The molecular formula is C45H41N3O7S. The maximum absolute atomic E-state index is 12.8. The van der Waals surface area contributed by atoms with Crippen LogP contribution in [0.3, 0.4) is 0 Å². The van der Waals surface area contributed by atoms with E-state index in [2.05, 4.69) is 22.5 Å². The van der Waals surface area contributed by atoms with Crippen LogP contribution in [-0.2, 0) is 22.6 Å². The van der Waals surface area contributed by atoms with Crippen LogP contribution >= 0.6 is 11.8 Å². The average Bonchev–Trinajstić information content (AvgIpc) is 3.24. The number of carboxylic acid groups (broad SMARTS) is 1. The van der Waals surface area contributed by atoms with E-state index in [1.165, 1.54) is 11.8 Å². The second-order valence-electron chi connectivity index (χ2n) is 13.4.